The number of nitrogens with zero attached hydrogens (tertiary/aromatic N) is 1. The van der Waals surface area contributed by atoms with Crippen LogP contribution in [0.2, 0.25) is 4.34 Å². The van der Waals surface area contributed by atoms with Gasteiger partial charge in [-0.2, -0.15) is 0 Å². The van der Waals surface area contributed by atoms with Crippen LogP contribution in [-0.4, -0.2) is 13.3 Å². The fourth-order valence-electron chi connectivity index (χ4n) is 1.37. The molecule has 1 N–H and O–H groups in total. The molecule has 21 heavy (non-hydrogen) atoms. The molecule has 6 nitrogen and oxygen atoms in total. The molecule has 0 unspecified atom stereocenters. The Morgan fingerprint density at radius 1 is 1.29 bits per heavy atom. The van der Waals surface area contributed by atoms with E-state index in [0.29, 0.717) is 17.4 Å². The van der Waals surface area contributed by atoms with E-state index in [1.54, 1.807) is 0 Å². The Balaban J connectivity index is 2.41. The minimum absolute atomic E-state index is 0.333. The molecule has 1 aromatic carbocycles. The van der Waals surface area contributed by atoms with Gasteiger partial charge in [0.15, 0.2) is 4.34 Å². The van der Waals surface area contributed by atoms with E-state index in [2.05, 4.69) is 0 Å². The predicted octanol–water partition coefficient (Wildman–Crippen LogP) is 3.39. The lowest BCUT2D eigenvalue weighted by molar-refractivity contribution is -0.384. The van der Waals surface area contributed by atoms with Crippen LogP contribution in [0, 0.1) is 21.7 Å². The van der Waals surface area contributed by atoms with E-state index in [1.807, 2.05) is 4.72 Å². The Bertz CT molecular complexity index is 822. The van der Waals surface area contributed by atoms with Gasteiger partial charge in [0.2, 0.25) is 0 Å². The number of halogens is 3. The second-order valence-electron chi connectivity index (χ2n) is 3.71. The van der Waals surface area contributed by atoms with Gasteiger partial charge in [-0.05, 0) is 12.1 Å². The lowest BCUT2D eigenvalue weighted by atomic mass is 10.3. The first-order valence-corrected chi connectivity index (χ1v) is 7.80. The average molecular weight is 355 g/mol. The van der Waals surface area contributed by atoms with Crippen molar-refractivity contribution in [2.45, 2.75) is 4.21 Å². The molecular formula is C10H5ClF2N2O4S2. The summed E-state index contributed by atoms with van der Waals surface area (Å²) in [5.74, 6) is -1.83. The van der Waals surface area contributed by atoms with Gasteiger partial charge in [0, 0.05) is 12.1 Å². The summed E-state index contributed by atoms with van der Waals surface area (Å²) in [7, 11) is -4.31. The Labute approximate surface area is 126 Å². The number of sulfonamides is 1. The zero-order valence-electron chi connectivity index (χ0n) is 9.84. The van der Waals surface area contributed by atoms with Gasteiger partial charge in [0.25, 0.3) is 15.7 Å². The van der Waals surface area contributed by atoms with Crippen molar-refractivity contribution in [1.29, 1.82) is 0 Å². The maximum absolute atomic E-state index is 13.4. The first-order chi connectivity index (χ1) is 9.70. The smallest absolute Gasteiger partial charge is 0.276 e. The Morgan fingerprint density at radius 3 is 2.52 bits per heavy atom. The second-order valence-corrected chi connectivity index (χ2v) is 7.27. The number of hydrogen-bond acceptors (Lipinski definition) is 5. The molecule has 0 fully saturated rings. The molecule has 0 atom stereocenters. The molecule has 1 aromatic heterocycles. The van der Waals surface area contributed by atoms with Crippen LogP contribution in [0.3, 0.4) is 0 Å². The van der Waals surface area contributed by atoms with E-state index in [9.17, 15) is 27.3 Å². The third-order valence-electron chi connectivity index (χ3n) is 2.28. The Kier molecular flexibility index (Phi) is 4.12. The topological polar surface area (TPSA) is 89.3 Å². The molecule has 2 aromatic rings. The standard InChI is InChI=1S/C10H5ClF2N2O4S2/c11-10-8(15(16)17)4-9(20-10)21(18,19)14-7-3-5(12)1-2-6(7)13/h1-4,14H. The molecule has 2 rings (SSSR count). The third kappa shape index (κ3) is 3.28. The fraction of sp³-hybridized carbons (Fsp3) is 0. The summed E-state index contributed by atoms with van der Waals surface area (Å²) < 4.78 is 51.4. The summed E-state index contributed by atoms with van der Waals surface area (Å²) in [5.41, 5.74) is -1.19. The van der Waals surface area contributed by atoms with E-state index in [-0.39, 0.29) is 4.34 Å². The van der Waals surface area contributed by atoms with Crippen LogP contribution in [0.15, 0.2) is 28.5 Å². The van der Waals surface area contributed by atoms with E-state index >= 15 is 0 Å². The minimum atomic E-state index is -4.31. The summed E-state index contributed by atoms with van der Waals surface area (Å²) in [4.78, 5) is 9.78. The van der Waals surface area contributed by atoms with E-state index < -0.39 is 42.2 Å². The summed E-state index contributed by atoms with van der Waals surface area (Å²) in [6.45, 7) is 0. The fourth-order valence-corrected chi connectivity index (χ4v) is 4.09. The van der Waals surface area contributed by atoms with Gasteiger partial charge in [-0.1, -0.05) is 11.6 Å². The van der Waals surface area contributed by atoms with Gasteiger partial charge in [0.1, 0.15) is 15.8 Å². The largest absolute Gasteiger partial charge is 0.300 e. The third-order valence-corrected chi connectivity index (χ3v) is 5.46. The summed E-state index contributed by atoms with van der Waals surface area (Å²) in [6, 6.07) is 2.96. The zero-order chi connectivity index (χ0) is 15.8. The van der Waals surface area contributed by atoms with Gasteiger partial charge in [-0.3, -0.25) is 14.8 Å². The van der Waals surface area contributed by atoms with Gasteiger partial charge in [-0.15, -0.1) is 11.3 Å². The molecule has 0 aliphatic heterocycles. The van der Waals surface area contributed by atoms with Crippen LogP contribution in [0.1, 0.15) is 0 Å². The normalized spacial score (nSPS) is 11.4. The number of hydrogen-bond donors (Lipinski definition) is 1. The summed E-state index contributed by atoms with van der Waals surface area (Å²) in [5, 5.41) is 10.6. The molecule has 0 bridgehead atoms. The first kappa shape index (κ1) is 15.6. The van der Waals surface area contributed by atoms with E-state index in [4.69, 9.17) is 11.6 Å². The zero-order valence-corrected chi connectivity index (χ0v) is 12.2. The molecule has 0 spiro atoms. The van der Waals surface area contributed by atoms with Crippen LogP contribution in [0.25, 0.3) is 0 Å². The summed E-state index contributed by atoms with van der Waals surface area (Å²) in [6.07, 6.45) is 0. The van der Waals surface area contributed by atoms with Crippen molar-refractivity contribution in [3.8, 4) is 0 Å². The molecule has 1 heterocycles. The van der Waals surface area contributed by atoms with Crippen molar-refractivity contribution < 1.29 is 22.1 Å². The quantitative estimate of drug-likeness (QED) is 0.673. The average Bonchev–Trinajstić information content (AvgIpc) is 2.77. The number of benzene rings is 1. The minimum Gasteiger partial charge on any atom is -0.276 e. The van der Waals surface area contributed by atoms with Crippen molar-refractivity contribution in [1.82, 2.24) is 0 Å². The van der Waals surface area contributed by atoms with Crippen LogP contribution < -0.4 is 4.72 Å². The number of nitro groups is 1. The van der Waals surface area contributed by atoms with Crippen molar-refractivity contribution in [2.24, 2.45) is 0 Å². The molecule has 0 aliphatic rings. The Morgan fingerprint density at radius 2 is 1.95 bits per heavy atom. The number of rotatable bonds is 4. The summed E-state index contributed by atoms with van der Waals surface area (Å²) >= 11 is 5.99. The van der Waals surface area contributed by atoms with Crippen molar-refractivity contribution >= 4 is 44.3 Å². The maximum atomic E-state index is 13.4. The SMILES string of the molecule is O=[N+]([O-])c1cc(S(=O)(=O)Nc2cc(F)ccc2F)sc1Cl. The van der Waals surface area contributed by atoms with Gasteiger partial charge in [0.05, 0.1) is 10.6 Å². The van der Waals surface area contributed by atoms with Crippen molar-refractivity contribution in [2.75, 3.05) is 4.72 Å². The first-order valence-electron chi connectivity index (χ1n) is 5.12. The molecular weight excluding hydrogens is 350 g/mol. The van der Waals surface area contributed by atoms with Crippen LogP contribution in [-0.2, 0) is 10.0 Å². The van der Waals surface area contributed by atoms with Gasteiger partial charge >= 0.3 is 0 Å². The lowest BCUT2D eigenvalue weighted by Crippen LogP contribution is -2.12. The highest BCUT2D eigenvalue weighted by atomic mass is 35.5. The molecule has 0 saturated carbocycles. The van der Waals surface area contributed by atoms with Gasteiger partial charge in [-0.25, -0.2) is 17.2 Å². The monoisotopic (exact) mass is 354 g/mol. The van der Waals surface area contributed by atoms with Crippen molar-refractivity contribution in [3.63, 3.8) is 0 Å². The van der Waals surface area contributed by atoms with Crippen LogP contribution in [0.4, 0.5) is 20.2 Å². The van der Waals surface area contributed by atoms with Crippen LogP contribution >= 0.6 is 22.9 Å². The van der Waals surface area contributed by atoms with Gasteiger partial charge < -0.3 is 0 Å². The molecule has 0 saturated heterocycles. The predicted molar refractivity (Wildman–Crippen MR) is 73.1 cm³/mol. The van der Waals surface area contributed by atoms with Crippen LogP contribution in [0.5, 0.6) is 0 Å². The number of anilines is 1. The highest BCUT2D eigenvalue weighted by molar-refractivity contribution is 7.94. The Hall–Kier alpha value is -1.78. The van der Waals surface area contributed by atoms with E-state index in [0.717, 1.165) is 18.2 Å². The molecule has 0 aliphatic carbocycles. The highest BCUT2D eigenvalue weighted by Crippen LogP contribution is 2.37. The molecule has 112 valence electrons. The van der Waals surface area contributed by atoms with Crippen molar-refractivity contribution in [3.05, 3.63) is 50.4 Å². The lowest BCUT2D eigenvalue weighted by Gasteiger charge is -2.06. The molecule has 0 amide bonds. The van der Waals surface area contributed by atoms with E-state index in [1.165, 1.54) is 0 Å². The molecule has 11 heteroatoms. The number of thiophene rings is 1. The second kappa shape index (κ2) is 5.54. The number of nitrogens with one attached hydrogen (secondary N) is 1. The maximum Gasteiger partial charge on any atom is 0.300 e. The highest BCUT2D eigenvalue weighted by Gasteiger charge is 2.26. The molecule has 0 radical (unpaired) electrons.